The third-order valence-corrected chi connectivity index (χ3v) is 4.73. The first-order valence-corrected chi connectivity index (χ1v) is 7.05. The molecule has 0 amide bonds. The van der Waals surface area contributed by atoms with E-state index in [9.17, 15) is 4.79 Å². The summed E-state index contributed by atoms with van der Waals surface area (Å²) >= 11 is 7.59. The van der Waals surface area contributed by atoms with Gasteiger partial charge in [0.2, 0.25) is 0 Å². The van der Waals surface area contributed by atoms with Crippen molar-refractivity contribution in [2.75, 3.05) is 5.75 Å². The van der Waals surface area contributed by atoms with Gasteiger partial charge in [0, 0.05) is 11.9 Å². The average Bonchev–Trinajstić information content (AvgIpc) is 2.80. The van der Waals surface area contributed by atoms with E-state index in [1.54, 1.807) is 11.8 Å². The summed E-state index contributed by atoms with van der Waals surface area (Å²) in [7, 11) is 0. The fourth-order valence-electron chi connectivity index (χ4n) is 2.06. The van der Waals surface area contributed by atoms with E-state index in [1.165, 1.54) is 37.9 Å². The van der Waals surface area contributed by atoms with Crippen LogP contribution in [0, 0.1) is 5.92 Å². The highest BCUT2D eigenvalue weighted by molar-refractivity contribution is 7.99. The van der Waals surface area contributed by atoms with Crippen LogP contribution in [0.25, 0.3) is 0 Å². The molecule has 1 fully saturated rings. The monoisotopic (exact) mass is 271 g/mol. The standard InChI is InChI=1S/C12H14ClNO2S/c13-10-9(12(15)16)5-6-14-11(10)17-7-8-3-1-2-4-8/h5-6,8H,1-4,7H2,(H,15,16). The summed E-state index contributed by atoms with van der Waals surface area (Å²) in [6, 6.07) is 1.43. The number of pyridine rings is 1. The summed E-state index contributed by atoms with van der Waals surface area (Å²) in [5.41, 5.74) is 0.135. The van der Waals surface area contributed by atoms with Crippen LogP contribution in [0.5, 0.6) is 0 Å². The van der Waals surface area contributed by atoms with Crippen molar-refractivity contribution in [2.45, 2.75) is 30.7 Å². The molecule has 1 heterocycles. The van der Waals surface area contributed by atoms with Crippen molar-refractivity contribution in [1.82, 2.24) is 4.98 Å². The van der Waals surface area contributed by atoms with Crippen LogP contribution >= 0.6 is 23.4 Å². The van der Waals surface area contributed by atoms with E-state index < -0.39 is 5.97 Å². The number of halogens is 1. The van der Waals surface area contributed by atoms with Crippen LogP contribution in [0.15, 0.2) is 17.3 Å². The maximum Gasteiger partial charge on any atom is 0.337 e. The first-order valence-electron chi connectivity index (χ1n) is 5.69. The zero-order valence-corrected chi connectivity index (χ0v) is 10.9. The number of carboxylic acid groups (broad SMARTS) is 1. The third-order valence-electron chi connectivity index (χ3n) is 3.02. The molecular weight excluding hydrogens is 258 g/mol. The van der Waals surface area contributed by atoms with Gasteiger partial charge in [0.15, 0.2) is 0 Å². The van der Waals surface area contributed by atoms with Crippen molar-refractivity contribution in [3.63, 3.8) is 0 Å². The molecule has 0 aromatic carbocycles. The SMILES string of the molecule is O=C(O)c1ccnc(SCC2CCCC2)c1Cl. The van der Waals surface area contributed by atoms with Gasteiger partial charge in [0.1, 0.15) is 5.03 Å². The van der Waals surface area contributed by atoms with Crippen LogP contribution < -0.4 is 0 Å². The van der Waals surface area contributed by atoms with Crippen molar-refractivity contribution in [2.24, 2.45) is 5.92 Å². The van der Waals surface area contributed by atoms with Crippen LogP contribution in [-0.2, 0) is 0 Å². The minimum atomic E-state index is -1.000. The molecule has 0 atom stereocenters. The van der Waals surface area contributed by atoms with E-state index in [0.29, 0.717) is 5.03 Å². The summed E-state index contributed by atoms with van der Waals surface area (Å²) in [6.07, 6.45) is 6.65. The molecular formula is C12H14ClNO2S. The summed E-state index contributed by atoms with van der Waals surface area (Å²) in [4.78, 5) is 15.1. The molecule has 1 aromatic rings. The second kappa shape index (κ2) is 5.74. The highest BCUT2D eigenvalue weighted by Crippen LogP contribution is 2.33. The normalized spacial score (nSPS) is 16.3. The third kappa shape index (κ3) is 3.13. The minimum absolute atomic E-state index is 0.135. The van der Waals surface area contributed by atoms with E-state index in [2.05, 4.69) is 4.98 Å². The molecule has 1 N–H and O–H groups in total. The molecule has 0 saturated heterocycles. The fraction of sp³-hybridized carbons (Fsp3) is 0.500. The largest absolute Gasteiger partial charge is 0.478 e. The van der Waals surface area contributed by atoms with Crippen LogP contribution in [0.4, 0.5) is 0 Å². The molecule has 0 spiro atoms. The molecule has 5 heteroatoms. The number of aromatic carboxylic acids is 1. The maximum atomic E-state index is 10.9. The zero-order chi connectivity index (χ0) is 12.3. The van der Waals surface area contributed by atoms with E-state index in [1.807, 2.05) is 0 Å². The lowest BCUT2D eigenvalue weighted by atomic mass is 10.1. The molecule has 1 aliphatic carbocycles. The van der Waals surface area contributed by atoms with Gasteiger partial charge in [-0.15, -0.1) is 11.8 Å². The van der Waals surface area contributed by atoms with Gasteiger partial charge in [-0.25, -0.2) is 9.78 Å². The fourth-order valence-corrected chi connectivity index (χ4v) is 3.52. The Morgan fingerprint density at radius 1 is 1.53 bits per heavy atom. The van der Waals surface area contributed by atoms with Gasteiger partial charge in [-0.1, -0.05) is 24.4 Å². The van der Waals surface area contributed by atoms with Gasteiger partial charge >= 0.3 is 5.97 Å². The molecule has 1 aromatic heterocycles. The molecule has 92 valence electrons. The van der Waals surface area contributed by atoms with Gasteiger partial charge in [-0.05, 0) is 24.8 Å². The molecule has 1 saturated carbocycles. The van der Waals surface area contributed by atoms with Crippen LogP contribution in [0.1, 0.15) is 36.0 Å². The number of thioether (sulfide) groups is 1. The van der Waals surface area contributed by atoms with E-state index in [-0.39, 0.29) is 10.6 Å². The Kier molecular flexibility index (Phi) is 4.29. The molecule has 1 aliphatic rings. The van der Waals surface area contributed by atoms with Gasteiger partial charge in [0.05, 0.1) is 10.6 Å². The number of nitrogens with zero attached hydrogens (tertiary/aromatic N) is 1. The van der Waals surface area contributed by atoms with E-state index >= 15 is 0 Å². The number of carbonyl (C=O) groups is 1. The molecule has 0 radical (unpaired) electrons. The van der Waals surface area contributed by atoms with Crippen LogP contribution in [0.2, 0.25) is 5.02 Å². The van der Waals surface area contributed by atoms with Gasteiger partial charge in [0.25, 0.3) is 0 Å². The Bertz CT molecular complexity index is 419. The number of hydrogen-bond acceptors (Lipinski definition) is 3. The summed E-state index contributed by atoms with van der Waals surface area (Å²) in [6.45, 7) is 0. The smallest absolute Gasteiger partial charge is 0.337 e. The van der Waals surface area contributed by atoms with Crippen molar-refractivity contribution < 1.29 is 9.90 Å². The summed E-state index contributed by atoms with van der Waals surface area (Å²) in [5.74, 6) is 0.710. The molecule has 2 rings (SSSR count). The Morgan fingerprint density at radius 3 is 2.88 bits per heavy atom. The van der Waals surface area contributed by atoms with E-state index in [0.717, 1.165) is 11.7 Å². The summed E-state index contributed by atoms with van der Waals surface area (Å²) < 4.78 is 0. The van der Waals surface area contributed by atoms with Crippen LogP contribution in [-0.4, -0.2) is 21.8 Å². The molecule has 17 heavy (non-hydrogen) atoms. The van der Waals surface area contributed by atoms with Gasteiger partial charge in [-0.3, -0.25) is 0 Å². The van der Waals surface area contributed by atoms with Crippen molar-refractivity contribution in [3.05, 3.63) is 22.8 Å². The topological polar surface area (TPSA) is 50.2 Å². The number of carboxylic acids is 1. The molecule has 0 bridgehead atoms. The Balaban J connectivity index is 2.04. The number of rotatable bonds is 4. The summed E-state index contributed by atoms with van der Waals surface area (Å²) in [5, 5.41) is 9.85. The Hall–Kier alpha value is -0.740. The van der Waals surface area contributed by atoms with Crippen molar-refractivity contribution >= 4 is 29.3 Å². The van der Waals surface area contributed by atoms with E-state index in [4.69, 9.17) is 16.7 Å². The van der Waals surface area contributed by atoms with Gasteiger partial charge in [-0.2, -0.15) is 0 Å². The predicted octanol–water partition coefficient (Wildman–Crippen LogP) is 3.72. The first-order chi connectivity index (χ1) is 8.18. The van der Waals surface area contributed by atoms with Gasteiger partial charge < -0.3 is 5.11 Å². The molecule has 3 nitrogen and oxygen atoms in total. The minimum Gasteiger partial charge on any atom is -0.478 e. The van der Waals surface area contributed by atoms with Crippen LogP contribution in [0.3, 0.4) is 0 Å². The second-order valence-corrected chi connectivity index (χ2v) is 5.63. The van der Waals surface area contributed by atoms with Crippen molar-refractivity contribution in [1.29, 1.82) is 0 Å². The van der Waals surface area contributed by atoms with Crippen molar-refractivity contribution in [3.8, 4) is 0 Å². The number of hydrogen-bond donors (Lipinski definition) is 1. The molecule has 0 unspecified atom stereocenters. The lowest BCUT2D eigenvalue weighted by molar-refractivity contribution is 0.0696. The number of aromatic nitrogens is 1. The lowest BCUT2D eigenvalue weighted by Gasteiger charge is -2.09. The molecule has 0 aliphatic heterocycles. The first kappa shape index (κ1) is 12.7. The highest BCUT2D eigenvalue weighted by atomic mass is 35.5. The Morgan fingerprint density at radius 2 is 2.24 bits per heavy atom. The Labute approximate surface area is 110 Å². The quantitative estimate of drug-likeness (QED) is 0.848. The highest BCUT2D eigenvalue weighted by Gasteiger charge is 2.18. The maximum absolute atomic E-state index is 10.9. The second-order valence-electron chi connectivity index (χ2n) is 4.24. The zero-order valence-electron chi connectivity index (χ0n) is 9.36. The predicted molar refractivity (Wildman–Crippen MR) is 68.9 cm³/mol. The lowest BCUT2D eigenvalue weighted by Crippen LogP contribution is -2.01. The average molecular weight is 272 g/mol.